The molecule has 1 amide bonds. The molecule has 120 valence electrons. The molecule has 1 rings (SSSR count). The number of benzene rings is 1. The Bertz CT molecular complexity index is 525. The molecule has 0 aliphatic rings. The molecule has 1 aromatic rings. The molecule has 0 aliphatic carbocycles. The summed E-state index contributed by atoms with van der Waals surface area (Å²) in [4.78, 5) is 23.3. The van der Waals surface area contributed by atoms with E-state index in [2.05, 4.69) is 15.4 Å². The second-order valence-electron chi connectivity index (χ2n) is 4.14. The van der Waals surface area contributed by atoms with Crippen LogP contribution in [0.3, 0.4) is 0 Å². The van der Waals surface area contributed by atoms with Crippen LogP contribution in [0.4, 0.5) is 5.69 Å². The Kier molecular flexibility index (Phi) is 7.49. The summed E-state index contributed by atoms with van der Waals surface area (Å²) in [6.45, 7) is 2.33. The van der Waals surface area contributed by atoms with Crippen LogP contribution in [0.2, 0.25) is 0 Å². The average molecular weight is 308 g/mol. The summed E-state index contributed by atoms with van der Waals surface area (Å²) < 4.78 is 9.84. The molecule has 1 aromatic carbocycles. The minimum atomic E-state index is -0.660. The van der Waals surface area contributed by atoms with Gasteiger partial charge in [0.1, 0.15) is 11.4 Å². The summed E-state index contributed by atoms with van der Waals surface area (Å²) >= 11 is 0. The third-order valence-electron chi connectivity index (χ3n) is 2.55. The van der Waals surface area contributed by atoms with E-state index < -0.39 is 11.9 Å². The van der Waals surface area contributed by atoms with Crippen molar-refractivity contribution in [2.75, 3.05) is 32.2 Å². The van der Waals surface area contributed by atoms with Gasteiger partial charge in [-0.05, 0) is 31.2 Å². The maximum atomic E-state index is 11.9. The molecule has 7 nitrogen and oxygen atoms in total. The van der Waals surface area contributed by atoms with Crippen molar-refractivity contribution >= 4 is 17.6 Å². The molecule has 7 heteroatoms. The molecule has 0 radical (unpaired) electrons. The monoisotopic (exact) mass is 308 g/mol. The number of anilines is 1. The third-order valence-corrected chi connectivity index (χ3v) is 2.55. The Hall–Kier alpha value is -2.54. The highest BCUT2D eigenvalue weighted by Gasteiger charge is 2.12. The van der Waals surface area contributed by atoms with E-state index in [0.717, 1.165) is 6.08 Å². The average Bonchev–Trinajstić information content (AvgIpc) is 2.53. The molecule has 0 atom stereocenters. The van der Waals surface area contributed by atoms with Crippen LogP contribution in [0.25, 0.3) is 0 Å². The number of aliphatic hydroxyl groups is 1. The van der Waals surface area contributed by atoms with E-state index in [9.17, 15) is 9.59 Å². The summed E-state index contributed by atoms with van der Waals surface area (Å²) in [6.07, 6.45) is 1.04. The molecule has 0 spiro atoms. The zero-order valence-corrected chi connectivity index (χ0v) is 12.6. The summed E-state index contributed by atoms with van der Waals surface area (Å²) in [7, 11) is 1.22. The van der Waals surface area contributed by atoms with Gasteiger partial charge in [-0.25, -0.2) is 4.79 Å². The maximum absolute atomic E-state index is 11.9. The number of esters is 1. The summed E-state index contributed by atoms with van der Waals surface area (Å²) in [5.41, 5.74) is 0.627. The lowest BCUT2D eigenvalue weighted by molar-refractivity contribution is -0.135. The van der Waals surface area contributed by atoms with Crippen LogP contribution >= 0.6 is 0 Å². The second-order valence-corrected chi connectivity index (χ2v) is 4.14. The van der Waals surface area contributed by atoms with E-state index in [4.69, 9.17) is 9.84 Å². The molecule has 22 heavy (non-hydrogen) atoms. The van der Waals surface area contributed by atoms with Gasteiger partial charge in [-0.1, -0.05) is 0 Å². The maximum Gasteiger partial charge on any atom is 0.332 e. The molecule has 3 N–H and O–H groups in total. The summed E-state index contributed by atoms with van der Waals surface area (Å²) in [5, 5.41) is 14.0. The van der Waals surface area contributed by atoms with Crippen molar-refractivity contribution in [3.63, 3.8) is 0 Å². The van der Waals surface area contributed by atoms with Gasteiger partial charge in [-0.3, -0.25) is 4.79 Å². The van der Waals surface area contributed by atoms with Gasteiger partial charge in [-0.2, -0.15) is 0 Å². The Balaban J connectivity index is 2.85. The molecule has 0 unspecified atom stereocenters. The highest BCUT2D eigenvalue weighted by Crippen LogP contribution is 2.17. The number of carbonyl (C=O) groups is 2. The number of methoxy groups -OCH3 is 1. The number of hydrogen-bond donors (Lipinski definition) is 3. The Morgan fingerprint density at radius 2 is 1.95 bits per heavy atom. The lowest BCUT2D eigenvalue weighted by atomic mass is 10.2. The molecule has 0 aromatic heterocycles. The zero-order valence-electron chi connectivity index (χ0n) is 12.6. The van der Waals surface area contributed by atoms with Gasteiger partial charge >= 0.3 is 5.97 Å². The van der Waals surface area contributed by atoms with Crippen LogP contribution in [0.15, 0.2) is 36.0 Å². The fourth-order valence-corrected chi connectivity index (χ4v) is 1.56. The summed E-state index contributed by atoms with van der Waals surface area (Å²) in [5.74, 6) is -0.475. The van der Waals surface area contributed by atoms with Crippen molar-refractivity contribution in [1.29, 1.82) is 0 Å². The number of nitrogens with one attached hydrogen (secondary N) is 2. The minimum absolute atomic E-state index is 0.0180. The first-order chi connectivity index (χ1) is 10.6. The molecule has 0 heterocycles. The van der Waals surface area contributed by atoms with Gasteiger partial charge in [0.05, 0.1) is 26.4 Å². The first-order valence-corrected chi connectivity index (χ1v) is 6.79. The van der Waals surface area contributed by atoms with Crippen LogP contribution in [0, 0.1) is 0 Å². The largest absolute Gasteiger partial charge is 0.494 e. The fourth-order valence-electron chi connectivity index (χ4n) is 1.56. The van der Waals surface area contributed by atoms with Crippen LogP contribution in [-0.4, -0.2) is 43.9 Å². The predicted octanol–water partition coefficient (Wildman–Crippen LogP) is 0.663. The second kappa shape index (κ2) is 9.41. The van der Waals surface area contributed by atoms with Gasteiger partial charge in [0.15, 0.2) is 0 Å². The first-order valence-electron chi connectivity index (χ1n) is 6.79. The Morgan fingerprint density at radius 1 is 1.27 bits per heavy atom. The minimum Gasteiger partial charge on any atom is -0.494 e. The number of carbonyl (C=O) groups excluding carboxylic acids is 2. The molecule has 0 saturated carbocycles. The first kappa shape index (κ1) is 17.5. The molecule has 0 fully saturated rings. The topological polar surface area (TPSA) is 96.9 Å². The van der Waals surface area contributed by atoms with Gasteiger partial charge in [-0.15, -0.1) is 0 Å². The van der Waals surface area contributed by atoms with Crippen LogP contribution in [0.1, 0.15) is 6.92 Å². The molecule has 0 aliphatic heterocycles. The molecular weight excluding hydrogens is 288 g/mol. The number of aliphatic hydroxyl groups excluding tert-OH is 1. The van der Waals surface area contributed by atoms with E-state index in [1.807, 2.05) is 6.92 Å². The highest BCUT2D eigenvalue weighted by molar-refractivity contribution is 6.01. The van der Waals surface area contributed by atoms with Crippen molar-refractivity contribution in [2.45, 2.75) is 6.92 Å². The molecule has 0 bridgehead atoms. The van der Waals surface area contributed by atoms with Crippen LogP contribution < -0.4 is 15.4 Å². The SMILES string of the molecule is CCOc1ccc(N/C(=C\C(=O)OC)C(=O)NCCO)cc1. The van der Waals surface area contributed by atoms with Gasteiger partial charge < -0.3 is 25.2 Å². The molecular formula is C15H20N2O5. The van der Waals surface area contributed by atoms with Gasteiger partial charge in [0.2, 0.25) is 0 Å². The quantitative estimate of drug-likeness (QED) is 0.482. The standard InChI is InChI=1S/C15H20N2O5/c1-3-22-12-6-4-11(5-7-12)17-13(10-14(19)21-2)15(20)16-8-9-18/h4-7,10,17-18H,3,8-9H2,1-2H3,(H,16,20)/b13-10-. The molecule has 0 saturated heterocycles. The van der Waals surface area contributed by atoms with E-state index in [1.165, 1.54) is 7.11 Å². The number of ether oxygens (including phenoxy) is 2. The van der Waals surface area contributed by atoms with Crippen LogP contribution in [0.5, 0.6) is 5.75 Å². The van der Waals surface area contributed by atoms with Gasteiger partial charge in [0.25, 0.3) is 5.91 Å². The third kappa shape index (κ3) is 5.84. The van der Waals surface area contributed by atoms with E-state index in [0.29, 0.717) is 18.0 Å². The lowest BCUT2D eigenvalue weighted by Crippen LogP contribution is -2.31. The fraction of sp³-hybridized carbons (Fsp3) is 0.333. The van der Waals surface area contributed by atoms with Crippen molar-refractivity contribution in [3.8, 4) is 5.75 Å². The lowest BCUT2D eigenvalue weighted by Gasteiger charge is -2.11. The number of hydrogen-bond acceptors (Lipinski definition) is 6. The van der Waals surface area contributed by atoms with E-state index in [-0.39, 0.29) is 18.8 Å². The predicted molar refractivity (Wildman–Crippen MR) is 81.4 cm³/mol. The van der Waals surface area contributed by atoms with Crippen LogP contribution in [-0.2, 0) is 14.3 Å². The summed E-state index contributed by atoms with van der Waals surface area (Å²) in [6, 6.07) is 6.92. The van der Waals surface area contributed by atoms with Gasteiger partial charge in [0, 0.05) is 12.2 Å². The highest BCUT2D eigenvalue weighted by atomic mass is 16.5. The van der Waals surface area contributed by atoms with Crippen molar-refractivity contribution in [2.24, 2.45) is 0 Å². The number of amides is 1. The smallest absolute Gasteiger partial charge is 0.332 e. The number of rotatable bonds is 8. The van der Waals surface area contributed by atoms with E-state index >= 15 is 0 Å². The normalized spacial score (nSPS) is 10.8. The van der Waals surface area contributed by atoms with Crippen molar-refractivity contribution < 1.29 is 24.2 Å². The van der Waals surface area contributed by atoms with Crippen molar-refractivity contribution in [1.82, 2.24) is 5.32 Å². The van der Waals surface area contributed by atoms with E-state index in [1.54, 1.807) is 24.3 Å². The zero-order chi connectivity index (χ0) is 16.4. The van der Waals surface area contributed by atoms with Crippen molar-refractivity contribution in [3.05, 3.63) is 36.0 Å². The Labute approximate surface area is 128 Å². The Morgan fingerprint density at radius 3 is 2.50 bits per heavy atom.